The maximum atomic E-state index is 12.4. The second-order valence-corrected chi connectivity index (χ2v) is 8.91. The van der Waals surface area contributed by atoms with Crippen molar-refractivity contribution in [3.8, 4) is 22.9 Å². The fourth-order valence-corrected chi connectivity index (χ4v) is 3.63. The number of nitrogens with zero attached hydrogens (tertiary/aromatic N) is 4. The zero-order valence-electron chi connectivity index (χ0n) is 18.9. The van der Waals surface area contributed by atoms with Gasteiger partial charge in [-0.15, -0.1) is 0 Å². The van der Waals surface area contributed by atoms with Gasteiger partial charge >= 0.3 is 6.09 Å². The predicted molar refractivity (Wildman–Crippen MR) is 123 cm³/mol. The molecule has 0 unspecified atom stereocenters. The first kappa shape index (κ1) is 22.4. The summed E-state index contributed by atoms with van der Waals surface area (Å²) in [5.74, 6) is 1.04. The summed E-state index contributed by atoms with van der Waals surface area (Å²) in [4.78, 5) is 14.1. The SMILES string of the molecule is CC(C)(C)OC(=O)N1CCO[C@@H](COc2ccc(C#N)cc2-c2ccn3nc(N)cc3c2)C1. The maximum Gasteiger partial charge on any atom is 0.410 e. The molecular weight excluding hydrogens is 422 g/mol. The van der Waals surface area contributed by atoms with Gasteiger partial charge in [-0.1, -0.05) is 0 Å². The van der Waals surface area contributed by atoms with Crippen molar-refractivity contribution in [1.29, 1.82) is 5.26 Å². The number of carbonyl (C=O) groups excluding carboxylic acids is 1. The molecular formula is C24H27N5O4. The molecule has 1 aliphatic heterocycles. The van der Waals surface area contributed by atoms with Crippen molar-refractivity contribution in [3.05, 3.63) is 48.2 Å². The molecule has 0 saturated carbocycles. The van der Waals surface area contributed by atoms with E-state index < -0.39 is 5.60 Å². The molecule has 9 nitrogen and oxygen atoms in total. The van der Waals surface area contributed by atoms with Gasteiger partial charge in [-0.25, -0.2) is 9.31 Å². The highest BCUT2D eigenvalue weighted by Crippen LogP contribution is 2.32. The first-order valence-electron chi connectivity index (χ1n) is 10.7. The Bertz CT molecular complexity index is 1210. The topological polar surface area (TPSA) is 115 Å². The van der Waals surface area contributed by atoms with Crippen molar-refractivity contribution in [3.63, 3.8) is 0 Å². The summed E-state index contributed by atoms with van der Waals surface area (Å²) < 4.78 is 19.1. The Hall–Kier alpha value is -3.77. The summed E-state index contributed by atoms with van der Waals surface area (Å²) >= 11 is 0. The molecule has 3 aromatic rings. The van der Waals surface area contributed by atoms with Crippen LogP contribution in [0.5, 0.6) is 5.75 Å². The number of nitrogens with two attached hydrogens (primary N) is 1. The lowest BCUT2D eigenvalue weighted by Gasteiger charge is -2.34. The highest BCUT2D eigenvalue weighted by atomic mass is 16.6. The number of anilines is 1. The molecule has 2 aromatic heterocycles. The molecule has 0 spiro atoms. The average Bonchev–Trinajstić information content (AvgIpc) is 3.16. The van der Waals surface area contributed by atoms with Crippen LogP contribution >= 0.6 is 0 Å². The van der Waals surface area contributed by atoms with Crippen LogP contribution in [0.2, 0.25) is 0 Å². The van der Waals surface area contributed by atoms with Gasteiger partial charge in [-0.2, -0.15) is 10.4 Å². The quantitative estimate of drug-likeness (QED) is 0.648. The highest BCUT2D eigenvalue weighted by molar-refractivity contribution is 5.76. The number of pyridine rings is 1. The molecule has 1 atom stereocenters. The summed E-state index contributed by atoms with van der Waals surface area (Å²) in [7, 11) is 0. The van der Waals surface area contributed by atoms with Crippen molar-refractivity contribution < 1.29 is 19.0 Å². The standard InChI is InChI=1S/C24H27N5O4/c1-24(2,3)33-23(30)28-8-9-31-19(14-28)15-32-21-5-4-16(13-25)10-20(21)17-6-7-29-18(11-17)12-22(26)27-29/h4-7,10-12,19H,8-9,14-15H2,1-3H3,(H2,26,27)/t19-/m1/s1. The van der Waals surface area contributed by atoms with Crippen LogP contribution in [-0.2, 0) is 9.47 Å². The van der Waals surface area contributed by atoms with E-state index in [0.717, 1.165) is 16.6 Å². The van der Waals surface area contributed by atoms with Gasteiger partial charge in [-0.3, -0.25) is 0 Å². The lowest BCUT2D eigenvalue weighted by atomic mass is 10.0. The number of nitrogen functional groups attached to an aromatic ring is 1. The summed E-state index contributed by atoms with van der Waals surface area (Å²) in [5.41, 5.74) is 8.25. The Balaban J connectivity index is 1.51. The molecule has 2 N–H and O–H groups in total. The van der Waals surface area contributed by atoms with Crippen molar-refractivity contribution >= 4 is 17.4 Å². The highest BCUT2D eigenvalue weighted by Gasteiger charge is 2.28. The largest absolute Gasteiger partial charge is 0.490 e. The third-order valence-electron chi connectivity index (χ3n) is 5.12. The summed E-state index contributed by atoms with van der Waals surface area (Å²) in [5, 5.41) is 13.6. The van der Waals surface area contributed by atoms with Gasteiger partial charge < -0.3 is 24.8 Å². The van der Waals surface area contributed by atoms with Gasteiger partial charge in [0.05, 0.1) is 30.3 Å². The van der Waals surface area contributed by atoms with E-state index in [9.17, 15) is 10.1 Å². The van der Waals surface area contributed by atoms with Crippen molar-refractivity contribution in [2.45, 2.75) is 32.5 Å². The molecule has 0 aliphatic carbocycles. The van der Waals surface area contributed by atoms with E-state index >= 15 is 0 Å². The molecule has 33 heavy (non-hydrogen) atoms. The number of hydrogen-bond donors (Lipinski definition) is 1. The molecule has 1 amide bonds. The number of carbonyl (C=O) groups is 1. The Labute approximate surface area is 192 Å². The fraction of sp³-hybridized carbons (Fsp3) is 0.375. The smallest absolute Gasteiger partial charge is 0.410 e. The molecule has 1 fully saturated rings. The van der Waals surface area contributed by atoms with E-state index in [1.807, 2.05) is 39.1 Å². The lowest BCUT2D eigenvalue weighted by Crippen LogP contribution is -2.49. The third-order valence-corrected chi connectivity index (χ3v) is 5.12. The number of fused-ring (bicyclic) bond motifs is 1. The summed E-state index contributed by atoms with van der Waals surface area (Å²) in [6.45, 7) is 7.03. The second-order valence-electron chi connectivity index (χ2n) is 8.91. The molecule has 0 radical (unpaired) electrons. The van der Waals surface area contributed by atoms with Crippen LogP contribution in [0.1, 0.15) is 26.3 Å². The molecule has 9 heteroatoms. The third kappa shape index (κ3) is 5.35. The van der Waals surface area contributed by atoms with E-state index in [1.54, 1.807) is 33.7 Å². The van der Waals surface area contributed by atoms with Crippen molar-refractivity contribution in [2.24, 2.45) is 0 Å². The van der Waals surface area contributed by atoms with Crippen LogP contribution in [-0.4, -0.2) is 58.6 Å². The van der Waals surface area contributed by atoms with Crippen molar-refractivity contribution in [1.82, 2.24) is 14.5 Å². The number of ether oxygens (including phenoxy) is 3. The van der Waals surface area contributed by atoms with Crippen molar-refractivity contribution in [2.75, 3.05) is 32.0 Å². The average molecular weight is 450 g/mol. The van der Waals surface area contributed by atoms with Gasteiger partial charge in [0.25, 0.3) is 0 Å². The zero-order valence-corrected chi connectivity index (χ0v) is 18.9. The Morgan fingerprint density at radius 1 is 1.30 bits per heavy atom. The number of amides is 1. The van der Waals surface area contributed by atoms with E-state index in [0.29, 0.717) is 36.8 Å². The van der Waals surface area contributed by atoms with Crippen LogP contribution in [0.3, 0.4) is 0 Å². The molecule has 1 saturated heterocycles. The van der Waals surface area contributed by atoms with Crippen LogP contribution in [0.25, 0.3) is 16.6 Å². The normalized spacial score (nSPS) is 16.4. The van der Waals surface area contributed by atoms with E-state index in [4.69, 9.17) is 19.9 Å². The van der Waals surface area contributed by atoms with Crippen LogP contribution in [0.4, 0.5) is 10.6 Å². The number of hydrogen-bond acceptors (Lipinski definition) is 7. The number of benzene rings is 1. The number of morpholine rings is 1. The monoisotopic (exact) mass is 449 g/mol. The number of nitriles is 1. The Morgan fingerprint density at radius 3 is 2.88 bits per heavy atom. The maximum absolute atomic E-state index is 12.4. The zero-order chi connectivity index (χ0) is 23.6. The minimum absolute atomic E-state index is 0.250. The minimum atomic E-state index is -0.556. The summed E-state index contributed by atoms with van der Waals surface area (Å²) in [6, 6.07) is 13.1. The van der Waals surface area contributed by atoms with Gasteiger partial charge in [0.2, 0.25) is 0 Å². The fourth-order valence-electron chi connectivity index (χ4n) is 3.63. The Morgan fingerprint density at radius 2 is 2.12 bits per heavy atom. The van der Waals surface area contributed by atoms with E-state index in [1.165, 1.54) is 0 Å². The molecule has 4 rings (SSSR count). The molecule has 172 valence electrons. The van der Waals surface area contributed by atoms with Gasteiger partial charge in [0, 0.05) is 24.4 Å². The molecule has 0 bridgehead atoms. The van der Waals surface area contributed by atoms with Gasteiger partial charge in [0.15, 0.2) is 0 Å². The second kappa shape index (κ2) is 9.00. The lowest BCUT2D eigenvalue weighted by molar-refractivity contribution is -0.0556. The Kier molecular flexibility index (Phi) is 6.11. The van der Waals surface area contributed by atoms with Crippen LogP contribution < -0.4 is 10.5 Å². The summed E-state index contributed by atoms with van der Waals surface area (Å²) in [6.07, 6.45) is 1.16. The van der Waals surface area contributed by atoms with Crippen LogP contribution in [0.15, 0.2) is 42.6 Å². The number of rotatable bonds is 4. The first-order valence-corrected chi connectivity index (χ1v) is 10.7. The predicted octanol–water partition coefficient (Wildman–Crippen LogP) is 3.47. The number of aromatic nitrogens is 2. The molecule has 1 aliphatic rings. The van der Waals surface area contributed by atoms with E-state index in [2.05, 4.69) is 11.2 Å². The van der Waals surface area contributed by atoms with Gasteiger partial charge in [-0.05, 0) is 56.7 Å². The van der Waals surface area contributed by atoms with Crippen LogP contribution in [0, 0.1) is 11.3 Å². The minimum Gasteiger partial charge on any atom is -0.490 e. The molecule has 1 aromatic carbocycles. The van der Waals surface area contributed by atoms with E-state index in [-0.39, 0.29) is 18.8 Å². The van der Waals surface area contributed by atoms with Gasteiger partial charge in [0.1, 0.15) is 29.9 Å². The molecule has 3 heterocycles. The first-order chi connectivity index (χ1) is 15.7.